The number of aromatic hydroxyl groups is 2. The molecule has 69 heavy (non-hydrogen) atoms. The second-order valence-corrected chi connectivity index (χ2v) is 28.0. The van der Waals surface area contributed by atoms with Gasteiger partial charge in [-0.1, -0.05) is 172 Å². The molecule has 0 aromatic heterocycles. The van der Waals surface area contributed by atoms with Crippen molar-refractivity contribution >= 4 is 58.4 Å². The first-order chi connectivity index (χ1) is 32.9. The van der Waals surface area contributed by atoms with Crippen molar-refractivity contribution in [3.63, 3.8) is 0 Å². The molecule has 1 aliphatic rings. The minimum atomic E-state index is -3.01. The normalized spacial score (nSPS) is 16.2. The Balaban J connectivity index is 1.42. The molecule has 0 saturated heterocycles. The molecule has 2 atom stereocenters. The lowest BCUT2D eigenvalue weighted by atomic mass is 9.79. The summed E-state index contributed by atoms with van der Waals surface area (Å²) in [6.07, 6.45) is 7.68. The molecule has 354 valence electrons. The van der Waals surface area contributed by atoms with Crippen LogP contribution in [0, 0.1) is 0 Å². The molecule has 0 aliphatic heterocycles. The van der Waals surface area contributed by atoms with Crippen LogP contribution in [-0.2, 0) is 16.2 Å². The Hall–Kier alpha value is -5.95. The van der Waals surface area contributed by atoms with Gasteiger partial charge in [0, 0.05) is 34.7 Å². The molecule has 0 bridgehead atoms. The molecule has 0 spiro atoms. The van der Waals surface area contributed by atoms with Gasteiger partial charge < -0.3 is 10.2 Å². The Labute approximate surface area is 412 Å². The Morgan fingerprint density at radius 1 is 0.420 bits per heavy atom. The standard InChI is InChI=1S/C62H69N3O2P2/c1-60(2,3)47-39-45(58(66)54(41-47)61(4,5)6)43-63-56-37-25-26-38-57(56)64-44-46-40-53(42-55(59(46)67)62(7,8)9)69(51-33-21-13-22-34-51,52-35-23-14-24-36-52)65-68(48-27-15-10-16-28-48,49-29-17-11-18-30-49)50-31-19-12-20-32-50/h10-24,27-36,39-44,56-57H,25-26,37-38H2,1-9H3,(H,63,66)/p+1/t56-,57-/m0/s1. The Morgan fingerprint density at radius 3 is 1.07 bits per heavy atom. The van der Waals surface area contributed by atoms with E-state index in [1.807, 2.05) is 12.4 Å². The van der Waals surface area contributed by atoms with E-state index in [1.165, 1.54) is 21.5 Å². The summed E-state index contributed by atoms with van der Waals surface area (Å²) >= 11 is 0. The maximum atomic E-state index is 12.5. The number of rotatable bonds is 10. The number of hydrogen-bond acceptors (Lipinski definition) is 4. The van der Waals surface area contributed by atoms with Gasteiger partial charge in [-0.15, -0.1) is 4.17 Å². The van der Waals surface area contributed by atoms with E-state index in [0.29, 0.717) is 11.3 Å². The summed E-state index contributed by atoms with van der Waals surface area (Å²) < 4.78 is 6.68. The van der Waals surface area contributed by atoms with E-state index < -0.39 is 19.5 Å². The van der Waals surface area contributed by atoms with Gasteiger partial charge in [0.25, 0.3) is 0 Å². The van der Waals surface area contributed by atoms with Crippen LogP contribution in [0.3, 0.4) is 0 Å². The molecule has 8 rings (SSSR count). The summed E-state index contributed by atoms with van der Waals surface area (Å²) in [5.41, 5.74) is 3.59. The molecule has 1 saturated carbocycles. The zero-order chi connectivity index (χ0) is 49.0. The smallest absolute Gasteiger partial charge is 0.301 e. The highest BCUT2D eigenvalue weighted by atomic mass is 31.2. The predicted molar refractivity (Wildman–Crippen MR) is 300 cm³/mol. The first-order valence-electron chi connectivity index (χ1n) is 24.6. The van der Waals surface area contributed by atoms with E-state index in [9.17, 15) is 10.2 Å². The lowest BCUT2D eigenvalue weighted by Crippen LogP contribution is -2.32. The SMILES string of the molecule is CC(C)(C)c1cc(C=N[C@H]2CCCC[C@@H]2N=Cc2cc(P(=[N+]=P(c3ccccc3)(c3ccccc3)c3ccccc3)(c3ccccc3)c3ccccc3)cc(C(C)(C)C)c2O)c(O)c(C(C)(C)C)c1. The van der Waals surface area contributed by atoms with Gasteiger partial charge in [-0.3, -0.25) is 9.98 Å². The number of aliphatic imine (C=N–C) groups is 2. The van der Waals surface area contributed by atoms with Crippen molar-refractivity contribution in [1.29, 1.82) is 0 Å². The average molecular weight is 951 g/mol. The molecule has 0 amide bonds. The fraction of sp³-hybridized carbons (Fsp3) is 0.290. The number of phenols is 2. The van der Waals surface area contributed by atoms with Gasteiger partial charge in [0.1, 0.15) is 11.5 Å². The molecule has 7 aromatic rings. The number of phenolic OH excluding ortho intramolecular Hbond substituents is 2. The highest BCUT2D eigenvalue weighted by Crippen LogP contribution is 2.51. The Kier molecular flexibility index (Phi) is 14.5. The van der Waals surface area contributed by atoms with Crippen LogP contribution < -0.4 is 36.0 Å². The number of nitrogens with zero attached hydrogens (tertiary/aromatic N) is 3. The van der Waals surface area contributed by atoms with Crippen LogP contribution in [0.25, 0.3) is 0 Å². The third-order valence-corrected chi connectivity index (χ3v) is 21.9. The second kappa shape index (κ2) is 20.2. The molecule has 2 N–H and O–H groups in total. The molecule has 0 heterocycles. The van der Waals surface area contributed by atoms with Crippen LogP contribution in [0.2, 0.25) is 0 Å². The Bertz CT molecular complexity index is 2920. The number of benzene rings is 7. The van der Waals surface area contributed by atoms with Crippen molar-refractivity contribution < 1.29 is 10.2 Å². The van der Waals surface area contributed by atoms with Crippen LogP contribution in [-0.4, -0.2) is 34.7 Å². The monoisotopic (exact) mass is 950 g/mol. The third-order valence-electron chi connectivity index (χ3n) is 13.5. The van der Waals surface area contributed by atoms with E-state index in [2.05, 4.69) is 238 Å². The summed E-state index contributed by atoms with van der Waals surface area (Å²) in [7, 11) is -5.83. The van der Waals surface area contributed by atoms with Crippen molar-refractivity contribution in [3.05, 3.63) is 204 Å². The predicted octanol–water partition coefficient (Wildman–Crippen LogP) is 12.6. The molecular weight excluding hydrogens is 881 g/mol. The van der Waals surface area contributed by atoms with Crippen molar-refractivity contribution in [2.45, 2.75) is 116 Å². The fourth-order valence-electron chi connectivity index (χ4n) is 9.67. The molecule has 0 radical (unpaired) electrons. The first kappa shape index (κ1) is 49.5. The minimum Gasteiger partial charge on any atom is -0.507 e. The average Bonchev–Trinajstić information content (AvgIpc) is 3.34. The van der Waals surface area contributed by atoms with Gasteiger partial charge in [0.05, 0.1) is 43.9 Å². The van der Waals surface area contributed by atoms with Crippen LogP contribution in [0.15, 0.2) is 186 Å². The molecule has 7 heteroatoms. The fourth-order valence-corrected chi connectivity index (χ4v) is 19.2. The Morgan fingerprint density at radius 2 is 0.739 bits per heavy atom. The summed E-state index contributed by atoms with van der Waals surface area (Å²) in [6, 6.07) is 62.9. The molecule has 5 nitrogen and oxygen atoms in total. The van der Waals surface area contributed by atoms with E-state index in [1.54, 1.807) is 0 Å². The summed E-state index contributed by atoms with van der Waals surface area (Å²) in [5, 5.41) is 31.0. The summed E-state index contributed by atoms with van der Waals surface area (Å²) in [5.74, 6) is 0.526. The minimum absolute atomic E-state index is 0.0820. The first-order valence-corrected chi connectivity index (χ1v) is 28.0. The lowest BCUT2D eigenvalue weighted by molar-refractivity contribution is 0.390. The van der Waals surface area contributed by atoms with E-state index in [-0.39, 0.29) is 28.7 Å². The van der Waals surface area contributed by atoms with Crippen LogP contribution in [0.5, 0.6) is 11.5 Å². The van der Waals surface area contributed by atoms with Gasteiger partial charge in [-0.2, -0.15) is 0 Å². The van der Waals surface area contributed by atoms with Crippen LogP contribution in [0.4, 0.5) is 0 Å². The van der Waals surface area contributed by atoms with E-state index in [0.717, 1.165) is 58.3 Å². The largest absolute Gasteiger partial charge is 0.507 e. The van der Waals surface area contributed by atoms with Gasteiger partial charge in [0.2, 0.25) is 0 Å². The second-order valence-electron chi connectivity index (χ2n) is 21.7. The highest BCUT2D eigenvalue weighted by molar-refractivity contribution is 7.93. The van der Waals surface area contributed by atoms with Crippen LogP contribution >= 0.6 is 14.1 Å². The number of hydrogen-bond donors (Lipinski definition) is 2. The van der Waals surface area contributed by atoms with E-state index in [4.69, 9.17) is 14.2 Å². The van der Waals surface area contributed by atoms with Gasteiger partial charge >= 0.3 is 14.1 Å². The molecule has 1 fully saturated rings. The highest BCUT2D eigenvalue weighted by Gasteiger charge is 2.45. The maximum absolute atomic E-state index is 12.5. The van der Waals surface area contributed by atoms with Gasteiger partial charge in [-0.05, 0) is 114 Å². The summed E-state index contributed by atoms with van der Waals surface area (Å²) in [6.45, 7) is 19.6. The quantitative estimate of drug-likeness (QED) is 0.0814. The van der Waals surface area contributed by atoms with Crippen molar-refractivity contribution in [2.24, 2.45) is 9.98 Å². The van der Waals surface area contributed by atoms with Crippen molar-refractivity contribution in [2.75, 3.05) is 0 Å². The van der Waals surface area contributed by atoms with Gasteiger partial charge in [0.15, 0.2) is 0 Å². The third kappa shape index (κ3) is 10.3. The van der Waals surface area contributed by atoms with E-state index >= 15 is 0 Å². The zero-order valence-electron chi connectivity index (χ0n) is 42.0. The van der Waals surface area contributed by atoms with Gasteiger partial charge in [-0.25, -0.2) is 0 Å². The molecule has 0 unspecified atom stereocenters. The summed E-state index contributed by atoms with van der Waals surface area (Å²) in [4.78, 5) is 10.6. The van der Waals surface area contributed by atoms with Crippen molar-refractivity contribution in [3.8, 4) is 11.5 Å². The van der Waals surface area contributed by atoms with Crippen molar-refractivity contribution in [1.82, 2.24) is 4.17 Å². The molecule has 7 aromatic carbocycles. The topological polar surface area (TPSA) is 79.3 Å². The van der Waals surface area contributed by atoms with Crippen LogP contribution in [0.1, 0.15) is 116 Å². The maximum Gasteiger partial charge on any atom is 0.301 e. The molecular formula is C62H70N3O2P2+. The lowest BCUT2D eigenvalue weighted by Gasteiger charge is -2.28. The zero-order valence-corrected chi connectivity index (χ0v) is 43.8. The molecule has 1 aliphatic carbocycles.